The van der Waals surface area contributed by atoms with Crippen LogP contribution in [0.3, 0.4) is 0 Å². The molecule has 4 nitrogen and oxygen atoms in total. The molecule has 0 amide bonds. The number of aliphatic carboxylic acids is 1. The van der Waals surface area contributed by atoms with Crippen LogP contribution in [0.4, 0.5) is 8.78 Å². The summed E-state index contributed by atoms with van der Waals surface area (Å²) in [6, 6.07) is 4.67. The maximum atomic E-state index is 13.2. The van der Waals surface area contributed by atoms with Crippen molar-refractivity contribution in [3.05, 3.63) is 36.3 Å². The first-order valence-electron chi connectivity index (χ1n) is 4.07. The fourth-order valence-corrected chi connectivity index (χ4v) is 1.27. The smallest absolute Gasteiger partial charge is 0.384 e. The molecule has 0 unspecified atom stereocenters. The van der Waals surface area contributed by atoms with Crippen LogP contribution in [0.15, 0.2) is 30.6 Å². The van der Waals surface area contributed by atoms with Crippen molar-refractivity contribution in [2.24, 2.45) is 0 Å². The molecule has 0 aliphatic carbocycles. The molecule has 6 heteroatoms. The Morgan fingerprint density at radius 2 is 2.20 bits per heavy atom. The second-order valence-corrected chi connectivity index (χ2v) is 2.95. The Morgan fingerprint density at radius 3 is 2.87 bits per heavy atom. The zero-order chi connectivity index (χ0) is 11.1. The van der Waals surface area contributed by atoms with Gasteiger partial charge in [0.25, 0.3) is 0 Å². The molecule has 0 fully saturated rings. The molecule has 0 spiro atoms. The van der Waals surface area contributed by atoms with Gasteiger partial charge in [0, 0.05) is 6.20 Å². The van der Waals surface area contributed by atoms with E-state index in [1.54, 1.807) is 6.07 Å². The van der Waals surface area contributed by atoms with Gasteiger partial charge in [-0.1, -0.05) is 6.07 Å². The summed E-state index contributed by atoms with van der Waals surface area (Å²) in [6.45, 7) is 0. The standard InChI is InChI=1S/C9H6F2N2O2/c10-9(11,8(14)15)6-5-12-7-3-1-2-4-13(6)7/h1-5H,(H,14,15). The number of aromatic nitrogens is 2. The highest BCUT2D eigenvalue weighted by Gasteiger charge is 2.43. The first-order valence-corrected chi connectivity index (χ1v) is 4.07. The predicted molar refractivity (Wildman–Crippen MR) is 46.7 cm³/mol. The van der Waals surface area contributed by atoms with Crippen LogP contribution in [0.2, 0.25) is 0 Å². The number of halogens is 2. The summed E-state index contributed by atoms with van der Waals surface area (Å²) >= 11 is 0. The van der Waals surface area contributed by atoms with Gasteiger partial charge in [-0.05, 0) is 12.1 Å². The normalized spacial score (nSPS) is 11.9. The molecule has 2 aromatic rings. The van der Waals surface area contributed by atoms with Gasteiger partial charge in [0.2, 0.25) is 0 Å². The molecule has 1 N–H and O–H groups in total. The van der Waals surface area contributed by atoms with E-state index in [1.807, 2.05) is 0 Å². The lowest BCUT2D eigenvalue weighted by Crippen LogP contribution is -2.26. The van der Waals surface area contributed by atoms with Crippen molar-refractivity contribution in [3.63, 3.8) is 0 Å². The summed E-state index contributed by atoms with van der Waals surface area (Å²) in [6.07, 6.45) is 2.21. The van der Waals surface area contributed by atoms with E-state index < -0.39 is 17.6 Å². The van der Waals surface area contributed by atoms with Crippen LogP contribution in [0, 0.1) is 0 Å². The number of carboxylic acids is 1. The highest BCUT2D eigenvalue weighted by Crippen LogP contribution is 2.28. The van der Waals surface area contributed by atoms with E-state index >= 15 is 0 Å². The monoisotopic (exact) mass is 212 g/mol. The van der Waals surface area contributed by atoms with Gasteiger partial charge in [-0.25, -0.2) is 9.78 Å². The van der Waals surface area contributed by atoms with Crippen LogP contribution < -0.4 is 0 Å². The predicted octanol–water partition coefficient (Wildman–Crippen LogP) is 1.51. The van der Waals surface area contributed by atoms with Gasteiger partial charge >= 0.3 is 11.9 Å². The molecular formula is C9H6F2N2O2. The van der Waals surface area contributed by atoms with E-state index in [9.17, 15) is 13.6 Å². The molecule has 2 rings (SSSR count). The first-order chi connectivity index (χ1) is 7.03. The van der Waals surface area contributed by atoms with Crippen LogP contribution >= 0.6 is 0 Å². The maximum absolute atomic E-state index is 13.2. The summed E-state index contributed by atoms with van der Waals surface area (Å²) in [7, 11) is 0. The summed E-state index contributed by atoms with van der Waals surface area (Å²) in [5, 5.41) is 8.38. The maximum Gasteiger partial charge on any atom is 0.384 e. The number of fused-ring (bicyclic) bond motifs is 1. The molecule has 2 heterocycles. The minimum absolute atomic E-state index is 0.286. The van der Waals surface area contributed by atoms with Crippen LogP contribution in [0.1, 0.15) is 5.69 Å². The first kappa shape index (κ1) is 9.57. The van der Waals surface area contributed by atoms with Crippen LogP contribution in [0.5, 0.6) is 0 Å². The number of hydrogen-bond donors (Lipinski definition) is 1. The van der Waals surface area contributed by atoms with E-state index in [4.69, 9.17) is 5.11 Å². The number of hydrogen-bond acceptors (Lipinski definition) is 2. The number of carbonyl (C=O) groups is 1. The average molecular weight is 212 g/mol. The quantitative estimate of drug-likeness (QED) is 0.820. The van der Waals surface area contributed by atoms with Gasteiger partial charge in [0.15, 0.2) is 0 Å². The van der Waals surface area contributed by atoms with Crippen molar-refractivity contribution in [2.75, 3.05) is 0 Å². The summed E-state index contributed by atoms with van der Waals surface area (Å²) in [5.41, 5.74) is -0.362. The Hall–Kier alpha value is -1.98. The fraction of sp³-hybridized carbons (Fsp3) is 0.111. The molecule has 0 aliphatic heterocycles. The number of rotatable bonds is 2. The highest BCUT2D eigenvalue weighted by molar-refractivity contribution is 5.77. The minimum Gasteiger partial charge on any atom is -0.476 e. The molecule has 0 atom stereocenters. The van der Waals surface area contributed by atoms with Crippen molar-refractivity contribution in [1.29, 1.82) is 0 Å². The van der Waals surface area contributed by atoms with E-state index in [1.165, 1.54) is 18.3 Å². The van der Waals surface area contributed by atoms with Crippen molar-refractivity contribution in [1.82, 2.24) is 9.38 Å². The van der Waals surface area contributed by atoms with Crippen LogP contribution in [0.25, 0.3) is 5.65 Å². The topological polar surface area (TPSA) is 54.6 Å². The van der Waals surface area contributed by atoms with Gasteiger partial charge in [0.05, 0.1) is 6.20 Å². The number of nitrogens with zero attached hydrogens (tertiary/aromatic N) is 2. The fourth-order valence-electron chi connectivity index (χ4n) is 1.27. The van der Waals surface area contributed by atoms with Gasteiger partial charge in [-0.3, -0.25) is 4.40 Å². The third-order valence-corrected chi connectivity index (χ3v) is 2.01. The Labute approximate surface area is 82.8 Å². The van der Waals surface area contributed by atoms with Crippen molar-refractivity contribution >= 4 is 11.6 Å². The average Bonchev–Trinajstić information content (AvgIpc) is 2.61. The van der Waals surface area contributed by atoms with E-state index in [0.717, 1.165) is 10.6 Å². The Kier molecular flexibility index (Phi) is 1.92. The molecule has 2 aromatic heterocycles. The third-order valence-electron chi connectivity index (χ3n) is 2.01. The SMILES string of the molecule is O=C(O)C(F)(F)c1cnc2ccccn12. The summed E-state index contributed by atoms with van der Waals surface area (Å²) in [5.74, 6) is -6.12. The Bertz CT molecular complexity index is 522. The Morgan fingerprint density at radius 1 is 1.47 bits per heavy atom. The lowest BCUT2D eigenvalue weighted by Gasteiger charge is -2.09. The number of alkyl halides is 2. The molecule has 0 aliphatic rings. The molecule has 78 valence electrons. The number of carboxylic acid groups (broad SMARTS) is 1. The van der Waals surface area contributed by atoms with Crippen LogP contribution in [-0.2, 0) is 10.7 Å². The lowest BCUT2D eigenvalue weighted by atomic mass is 10.2. The van der Waals surface area contributed by atoms with Gasteiger partial charge in [-0.15, -0.1) is 0 Å². The molecule has 0 saturated heterocycles. The largest absolute Gasteiger partial charge is 0.476 e. The van der Waals surface area contributed by atoms with Gasteiger partial charge in [-0.2, -0.15) is 8.78 Å². The second kappa shape index (κ2) is 3.01. The Balaban J connectivity index is 2.67. The highest BCUT2D eigenvalue weighted by atomic mass is 19.3. The molecule has 0 saturated carbocycles. The van der Waals surface area contributed by atoms with Crippen LogP contribution in [-0.4, -0.2) is 20.5 Å². The van der Waals surface area contributed by atoms with Gasteiger partial charge < -0.3 is 5.11 Å². The van der Waals surface area contributed by atoms with Gasteiger partial charge in [0.1, 0.15) is 11.3 Å². The molecule has 0 radical (unpaired) electrons. The zero-order valence-electron chi connectivity index (χ0n) is 7.39. The van der Waals surface area contributed by atoms with Crippen molar-refractivity contribution in [3.8, 4) is 0 Å². The van der Waals surface area contributed by atoms with Crippen molar-refractivity contribution in [2.45, 2.75) is 5.92 Å². The number of imidazole rings is 1. The molecule has 0 bridgehead atoms. The van der Waals surface area contributed by atoms with E-state index in [0.29, 0.717) is 0 Å². The lowest BCUT2D eigenvalue weighted by molar-refractivity contribution is -0.167. The summed E-state index contributed by atoms with van der Waals surface area (Å²) < 4.78 is 27.4. The molecule has 15 heavy (non-hydrogen) atoms. The summed E-state index contributed by atoms with van der Waals surface area (Å²) in [4.78, 5) is 14.1. The zero-order valence-corrected chi connectivity index (χ0v) is 7.39. The number of pyridine rings is 1. The van der Waals surface area contributed by atoms with Crippen molar-refractivity contribution < 1.29 is 18.7 Å². The van der Waals surface area contributed by atoms with E-state index in [-0.39, 0.29) is 5.65 Å². The molecular weight excluding hydrogens is 206 g/mol. The molecule has 0 aromatic carbocycles. The van der Waals surface area contributed by atoms with E-state index in [2.05, 4.69) is 4.98 Å². The third kappa shape index (κ3) is 1.34. The second-order valence-electron chi connectivity index (χ2n) is 2.95. The minimum atomic E-state index is -3.93.